The monoisotopic (exact) mass is 131 g/mol. The van der Waals surface area contributed by atoms with E-state index in [1.807, 2.05) is 0 Å². The van der Waals surface area contributed by atoms with Crippen LogP contribution in [0.2, 0.25) is 0 Å². The van der Waals surface area contributed by atoms with Crippen LogP contribution in [0.5, 0.6) is 0 Å². The molecule has 32 valence electrons. The molecule has 0 aliphatic heterocycles. The van der Waals surface area contributed by atoms with Crippen LogP contribution in [0.15, 0.2) is 0 Å². The van der Waals surface area contributed by atoms with E-state index in [9.17, 15) is 0 Å². The Labute approximate surface area is 47.0 Å². The molecular formula is CH3FeN2S-. The molecule has 0 aliphatic rings. The summed E-state index contributed by atoms with van der Waals surface area (Å²) >= 11 is 3.70. The molecular weight excluding hydrogens is 128 g/mol. The predicted octanol–water partition coefficient (Wildman–Crippen LogP) is 0.174. The van der Waals surface area contributed by atoms with Gasteiger partial charge in [-0.3, -0.25) is 0 Å². The summed E-state index contributed by atoms with van der Waals surface area (Å²) in [6.07, 6.45) is 0. The molecule has 0 amide bonds. The summed E-state index contributed by atoms with van der Waals surface area (Å²) in [7, 11) is 0. The number of nitriles is 1. The first-order valence-electron chi connectivity index (χ1n) is 0.428. The summed E-state index contributed by atoms with van der Waals surface area (Å²) in [5.41, 5.74) is 0. The first-order valence-corrected chi connectivity index (χ1v) is 0.836. The van der Waals surface area contributed by atoms with Crippen LogP contribution in [0.4, 0.5) is 0 Å². The maximum absolute atomic E-state index is 7.13. The van der Waals surface area contributed by atoms with Crippen LogP contribution in [0.25, 0.3) is 0 Å². The Morgan fingerprint density at radius 2 is 1.60 bits per heavy atom. The molecule has 0 heterocycles. The molecule has 0 aromatic rings. The number of hydrogen-bond acceptors (Lipinski definition) is 3. The van der Waals surface area contributed by atoms with Gasteiger partial charge in [0.25, 0.3) is 0 Å². The topological polar surface area (TPSA) is 58.8 Å². The van der Waals surface area contributed by atoms with Crippen LogP contribution in [0, 0.1) is 10.7 Å². The number of nitrogens with zero attached hydrogens (tertiary/aromatic N) is 1. The molecule has 0 radical (unpaired) electrons. The van der Waals surface area contributed by atoms with Gasteiger partial charge in [0.15, 0.2) is 0 Å². The van der Waals surface area contributed by atoms with E-state index < -0.39 is 0 Å². The molecule has 0 rings (SSSR count). The predicted molar refractivity (Wildman–Crippen MR) is 18.0 cm³/mol. The van der Waals surface area contributed by atoms with Crippen molar-refractivity contribution in [2.24, 2.45) is 0 Å². The SMILES string of the molecule is N.N#C[S-].[Fe]. The van der Waals surface area contributed by atoms with Crippen molar-refractivity contribution in [3.63, 3.8) is 0 Å². The molecule has 5 heavy (non-hydrogen) atoms. The largest absolute Gasteiger partial charge is 0.696 e. The standard InChI is InChI=1S/CHNS.Fe.H3N/c2-1-3;;/h3H;;1H3/p-1. The van der Waals surface area contributed by atoms with Crippen LogP contribution in [0.1, 0.15) is 0 Å². The van der Waals surface area contributed by atoms with Gasteiger partial charge in [0, 0.05) is 17.1 Å². The minimum absolute atomic E-state index is 0. The van der Waals surface area contributed by atoms with Crippen LogP contribution >= 0.6 is 0 Å². The molecule has 0 aliphatic carbocycles. The van der Waals surface area contributed by atoms with Crippen LogP contribution in [0.3, 0.4) is 0 Å². The molecule has 0 aromatic heterocycles. The molecule has 0 spiro atoms. The molecule has 0 saturated carbocycles. The molecule has 2 nitrogen and oxygen atoms in total. The van der Waals surface area contributed by atoms with Crippen LogP contribution in [-0.4, -0.2) is 0 Å². The van der Waals surface area contributed by atoms with Gasteiger partial charge in [0.05, 0.1) is 0 Å². The summed E-state index contributed by atoms with van der Waals surface area (Å²) in [5, 5.41) is 8.47. The summed E-state index contributed by atoms with van der Waals surface area (Å²) in [5.74, 6) is 0. The zero-order valence-corrected chi connectivity index (χ0v) is 4.34. The molecule has 0 saturated heterocycles. The molecule has 0 fully saturated rings. The first kappa shape index (κ1) is 19.0. The fraction of sp³-hybridized carbons (Fsp3) is 0. The number of thiocyanates is 1. The fourth-order valence-corrected chi connectivity index (χ4v) is 0. The van der Waals surface area contributed by atoms with E-state index in [0.29, 0.717) is 0 Å². The van der Waals surface area contributed by atoms with Crippen molar-refractivity contribution < 1.29 is 17.1 Å². The molecule has 0 atom stereocenters. The van der Waals surface area contributed by atoms with Crippen molar-refractivity contribution in [1.82, 2.24) is 6.15 Å². The maximum atomic E-state index is 7.13. The second-order valence-corrected chi connectivity index (χ2v) is 0.274. The van der Waals surface area contributed by atoms with Gasteiger partial charge >= 0.3 is 0 Å². The molecule has 4 heteroatoms. The van der Waals surface area contributed by atoms with E-state index in [1.165, 1.54) is 5.40 Å². The van der Waals surface area contributed by atoms with Gasteiger partial charge < -0.3 is 18.8 Å². The zero-order chi connectivity index (χ0) is 2.71. The Kier molecular flexibility index (Phi) is 114. The molecule has 0 aromatic carbocycles. The molecule has 0 bridgehead atoms. The Hall–Kier alpha value is 0.189. The average Bonchev–Trinajstić information content (AvgIpc) is 0.918. The van der Waals surface area contributed by atoms with Crippen molar-refractivity contribution in [1.29, 1.82) is 5.26 Å². The van der Waals surface area contributed by atoms with E-state index in [4.69, 9.17) is 5.26 Å². The minimum atomic E-state index is 0. The van der Waals surface area contributed by atoms with E-state index in [0.717, 1.165) is 0 Å². The second kappa shape index (κ2) is 30.1. The minimum Gasteiger partial charge on any atom is -0.696 e. The third-order valence-electron chi connectivity index (χ3n) is 0. The van der Waals surface area contributed by atoms with Crippen molar-refractivity contribution in [2.75, 3.05) is 0 Å². The van der Waals surface area contributed by atoms with Gasteiger partial charge in [-0.15, -0.1) is 0 Å². The van der Waals surface area contributed by atoms with Crippen LogP contribution in [-0.2, 0) is 29.7 Å². The summed E-state index contributed by atoms with van der Waals surface area (Å²) in [6, 6.07) is 0. The normalized spacial score (nSPS) is 1.40. The van der Waals surface area contributed by atoms with Gasteiger partial charge in [0.1, 0.15) is 0 Å². The summed E-state index contributed by atoms with van der Waals surface area (Å²) in [4.78, 5) is 0. The Bertz CT molecular complexity index is 31.1. The third-order valence-corrected chi connectivity index (χ3v) is 0. The second-order valence-electron chi connectivity index (χ2n) is 0.0913. The van der Waals surface area contributed by atoms with Crippen molar-refractivity contribution in [3.8, 4) is 5.40 Å². The maximum Gasteiger partial charge on any atom is 0 e. The summed E-state index contributed by atoms with van der Waals surface area (Å²) in [6.45, 7) is 0. The van der Waals surface area contributed by atoms with E-state index in [1.54, 1.807) is 0 Å². The smallest absolute Gasteiger partial charge is 0 e. The first-order chi connectivity index (χ1) is 1.41. The average molecular weight is 131 g/mol. The number of hydrogen-bond donors (Lipinski definition) is 1. The third kappa shape index (κ3) is 559. The van der Waals surface area contributed by atoms with Gasteiger partial charge in [-0.05, 0) is 0 Å². The van der Waals surface area contributed by atoms with E-state index in [2.05, 4.69) is 12.6 Å². The summed E-state index contributed by atoms with van der Waals surface area (Å²) < 4.78 is 0. The van der Waals surface area contributed by atoms with E-state index in [-0.39, 0.29) is 23.2 Å². The van der Waals surface area contributed by atoms with Crippen molar-refractivity contribution in [3.05, 3.63) is 0 Å². The van der Waals surface area contributed by atoms with E-state index >= 15 is 0 Å². The Balaban J connectivity index is -0.0000000200. The Morgan fingerprint density at radius 1 is 1.60 bits per heavy atom. The molecule has 0 unspecified atom stereocenters. The van der Waals surface area contributed by atoms with Gasteiger partial charge in [-0.2, -0.15) is 0 Å². The zero-order valence-electron chi connectivity index (χ0n) is 2.42. The number of rotatable bonds is 0. The Morgan fingerprint density at radius 3 is 1.60 bits per heavy atom. The van der Waals surface area contributed by atoms with Gasteiger partial charge in [-0.1, -0.05) is 5.40 Å². The van der Waals surface area contributed by atoms with Crippen LogP contribution < -0.4 is 6.15 Å². The molecule has 3 N–H and O–H groups in total. The fourth-order valence-electron chi connectivity index (χ4n) is 0. The quantitative estimate of drug-likeness (QED) is 0.289. The van der Waals surface area contributed by atoms with Crippen molar-refractivity contribution >= 4 is 12.6 Å². The van der Waals surface area contributed by atoms with Crippen molar-refractivity contribution in [2.45, 2.75) is 0 Å². The van der Waals surface area contributed by atoms with Gasteiger partial charge in [0.2, 0.25) is 0 Å². The van der Waals surface area contributed by atoms with Gasteiger partial charge in [-0.25, -0.2) is 5.26 Å².